The molecule has 5 nitrogen and oxygen atoms in total. The van der Waals surface area contributed by atoms with Crippen molar-refractivity contribution in [1.82, 2.24) is 14.9 Å². The van der Waals surface area contributed by atoms with E-state index < -0.39 is 0 Å². The second-order valence-electron chi connectivity index (χ2n) is 6.36. The molecule has 1 saturated heterocycles. The number of aryl methyl sites for hydroxylation is 2. The number of anilines is 1. The largest absolute Gasteiger partial charge is 0.308 e. The molecule has 2 bridgehead atoms. The monoisotopic (exact) mass is 303 g/mol. The van der Waals surface area contributed by atoms with Crippen LogP contribution in [0.4, 0.5) is 5.82 Å². The molecule has 3 N–H and O–H groups in total. The molecule has 0 radical (unpaired) electrons. The van der Waals surface area contributed by atoms with Crippen molar-refractivity contribution in [2.45, 2.75) is 45.7 Å². The van der Waals surface area contributed by atoms with Crippen molar-refractivity contribution in [2.75, 3.05) is 12.0 Å². The molecule has 21 heavy (non-hydrogen) atoms. The van der Waals surface area contributed by atoms with Crippen molar-refractivity contribution in [3.63, 3.8) is 0 Å². The number of hydrazine groups is 1. The summed E-state index contributed by atoms with van der Waals surface area (Å²) in [5, 5.41) is 1.08. The highest BCUT2D eigenvalue weighted by molar-refractivity contribution is 7.18. The predicted octanol–water partition coefficient (Wildman–Crippen LogP) is 2.58. The molecule has 112 valence electrons. The molecule has 1 aliphatic heterocycles. The lowest BCUT2D eigenvalue weighted by Gasteiger charge is -2.25. The van der Waals surface area contributed by atoms with E-state index in [1.54, 1.807) is 11.3 Å². The van der Waals surface area contributed by atoms with Gasteiger partial charge in [-0.25, -0.2) is 15.8 Å². The maximum atomic E-state index is 5.68. The first kappa shape index (κ1) is 13.4. The van der Waals surface area contributed by atoms with Crippen LogP contribution in [0.3, 0.4) is 0 Å². The number of rotatable bonds is 3. The minimum Gasteiger partial charge on any atom is -0.308 e. The Labute approximate surface area is 128 Å². The van der Waals surface area contributed by atoms with Gasteiger partial charge in [0.05, 0.1) is 11.9 Å². The van der Waals surface area contributed by atoms with Gasteiger partial charge in [0.15, 0.2) is 5.82 Å². The number of hydrogen-bond donors (Lipinski definition) is 2. The number of aromatic nitrogens is 2. The topological polar surface area (TPSA) is 67.1 Å². The second kappa shape index (κ2) is 4.90. The minimum absolute atomic E-state index is 0.746. The van der Waals surface area contributed by atoms with Crippen molar-refractivity contribution in [3.8, 4) is 0 Å². The van der Waals surface area contributed by atoms with Crippen LogP contribution in [-0.4, -0.2) is 27.5 Å². The van der Waals surface area contributed by atoms with Gasteiger partial charge in [0, 0.05) is 17.5 Å². The molecule has 0 aromatic carbocycles. The molecule has 2 aromatic rings. The minimum atomic E-state index is 0.746. The van der Waals surface area contributed by atoms with Gasteiger partial charge in [-0.05, 0) is 44.6 Å². The van der Waals surface area contributed by atoms with Crippen LogP contribution in [0.1, 0.15) is 35.5 Å². The van der Waals surface area contributed by atoms with Crippen LogP contribution in [0.25, 0.3) is 10.2 Å². The number of likely N-dealkylation sites (tertiary alicyclic amines) is 1. The number of hydrogen-bond acceptors (Lipinski definition) is 6. The van der Waals surface area contributed by atoms with Gasteiger partial charge in [0.25, 0.3) is 0 Å². The van der Waals surface area contributed by atoms with Crippen molar-refractivity contribution in [1.29, 1.82) is 0 Å². The lowest BCUT2D eigenvalue weighted by atomic mass is 10.1. The number of thiophene rings is 1. The summed E-state index contributed by atoms with van der Waals surface area (Å²) in [4.78, 5) is 14.3. The zero-order valence-electron chi connectivity index (χ0n) is 12.5. The summed E-state index contributed by atoms with van der Waals surface area (Å²) in [5.74, 6) is 8.24. The van der Waals surface area contributed by atoms with Crippen LogP contribution >= 0.6 is 11.3 Å². The number of nitrogens with one attached hydrogen (secondary N) is 1. The van der Waals surface area contributed by atoms with Crippen LogP contribution in [-0.2, 0) is 6.54 Å². The molecule has 3 heterocycles. The van der Waals surface area contributed by atoms with E-state index in [1.807, 2.05) is 0 Å². The molecule has 0 amide bonds. The van der Waals surface area contributed by atoms with E-state index in [0.29, 0.717) is 0 Å². The first-order valence-electron chi connectivity index (χ1n) is 7.63. The standard InChI is InChI=1S/C15H21N5S/c1-8-9(2)21-15-13(8)14(19-16)17-12(18-15)7-20-6-10-3-4-11(20)5-10/h10-11H,3-7,16H2,1-2H3,(H,17,18,19). The Hall–Kier alpha value is -1.24. The van der Waals surface area contributed by atoms with Gasteiger partial charge in [-0.2, -0.15) is 0 Å². The SMILES string of the molecule is Cc1sc2nc(CN3CC4CCC3C4)nc(NN)c2c1C. The Bertz CT molecular complexity index is 695. The third kappa shape index (κ3) is 2.13. The van der Waals surface area contributed by atoms with Crippen molar-refractivity contribution >= 4 is 27.4 Å². The van der Waals surface area contributed by atoms with Crippen molar-refractivity contribution in [2.24, 2.45) is 11.8 Å². The van der Waals surface area contributed by atoms with E-state index in [-0.39, 0.29) is 0 Å². The summed E-state index contributed by atoms with van der Waals surface area (Å²) in [5.41, 5.74) is 3.99. The summed E-state index contributed by atoms with van der Waals surface area (Å²) in [6, 6.07) is 0.746. The molecule has 6 heteroatoms. The smallest absolute Gasteiger partial charge is 0.152 e. The lowest BCUT2D eigenvalue weighted by Crippen LogP contribution is -2.32. The molecule has 0 spiro atoms. The second-order valence-corrected chi connectivity index (χ2v) is 7.56. The summed E-state index contributed by atoms with van der Waals surface area (Å²) < 4.78 is 0. The maximum absolute atomic E-state index is 5.68. The number of fused-ring (bicyclic) bond motifs is 3. The average molecular weight is 303 g/mol. The summed E-state index contributed by atoms with van der Waals surface area (Å²) in [6.07, 6.45) is 4.10. The van der Waals surface area contributed by atoms with E-state index in [9.17, 15) is 0 Å². The van der Waals surface area contributed by atoms with Crippen molar-refractivity contribution < 1.29 is 0 Å². The Morgan fingerprint density at radius 3 is 2.86 bits per heavy atom. The molecule has 2 aromatic heterocycles. The van der Waals surface area contributed by atoms with Crippen molar-refractivity contribution in [3.05, 3.63) is 16.3 Å². The Morgan fingerprint density at radius 1 is 1.33 bits per heavy atom. The Balaban J connectivity index is 1.69. The quantitative estimate of drug-likeness (QED) is 0.674. The molecule has 4 rings (SSSR count). The maximum Gasteiger partial charge on any atom is 0.152 e. The zero-order valence-corrected chi connectivity index (χ0v) is 13.3. The molecular formula is C15H21N5S. The van der Waals surface area contributed by atoms with Gasteiger partial charge < -0.3 is 5.43 Å². The first-order valence-corrected chi connectivity index (χ1v) is 8.44. The average Bonchev–Trinajstić information content (AvgIpc) is 3.14. The fraction of sp³-hybridized carbons (Fsp3) is 0.600. The number of nitrogens with zero attached hydrogens (tertiary/aromatic N) is 3. The van der Waals surface area contributed by atoms with E-state index >= 15 is 0 Å². The molecule has 2 atom stereocenters. The molecule has 1 saturated carbocycles. The van der Waals surface area contributed by atoms with Crippen LogP contribution in [0, 0.1) is 19.8 Å². The van der Waals surface area contributed by atoms with E-state index in [0.717, 1.165) is 40.4 Å². The third-order valence-electron chi connectivity index (χ3n) is 5.08. The van der Waals surface area contributed by atoms with Gasteiger partial charge in [-0.3, -0.25) is 4.90 Å². The zero-order chi connectivity index (χ0) is 14.6. The summed E-state index contributed by atoms with van der Waals surface area (Å²) in [7, 11) is 0. The highest BCUT2D eigenvalue weighted by Crippen LogP contribution is 2.38. The molecular weight excluding hydrogens is 282 g/mol. The highest BCUT2D eigenvalue weighted by Gasteiger charge is 2.37. The third-order valence-corrected chi connectivity index (χ3v) is 6.18. The van der Waals surface area contributed by atoms with Crippen LogP contribution in [0.2, 0.25) is 0 Å². The van der Waals surface area contributed by atoms with Crippen LogP contribution in [0.15, 0.2) is 0 Å². The summed E-state index contributed by atoms with van der Waals surface area (Å²) in [6.45, 7) is 6.29. The molecule has 2 aliphatic rings. The molecule has 2 fully saturated rings. The van der Waals surface area contributed by atoms with Gasteiger partial charge in [0.1, 0.15) is 10.7 Å². The van der Waals surface area contributed by atoms with Gasteiger partial charge >= 0.3 is 0 Å². The number of nitrogens with two attached hydrogens (primary N) is 1. The van der Waals surface area contributed by atoms with E-state index in [1.165, 1.54) is 36.2 Å². The normalized spacial score (nSPS) is 25.1. The Morgan fingerprint density at radius 2 is 2.19 bits per heavy atom. The fourth-order valence-corrected chi connectivity index (χ4v) is 4.92. The Kier molecular flexibility index (Phi) is 3.13. The molecule has 1 aliphatic carbocycles. The van der Waals surface area contributed by atoms with Gasteiger partial charge in [0.2, 0.25) is 0 Å². The van der Waals surface area contributed by atoms with Gasteiger partial charge in [-0.1, -0.05) is 0 Å². The van der Waals surface area contributed by atoms with E-state index in [4.69, 9.17) is 10.8 Å². The predicted molar refractivity (Wildman–Crippen MR) is 86.2 cm³/mol. The highest BCUT2D eigenvalue weighted by atomic mass is 32.1. The van der Waals surface area contributed by atoms with Crippen LogP contribution < -0.4 is 11.3 Å². The number of piperidine rings is 1. The fourth-order valence-electron chi connectivity index (χ4n) is 3.87. The summed E-state index contributed by atoms with van der Waals surface area (Å²) >= 11 is 1.73. The van der Waals surface area contributed by atoms with E-state index in [2.05, 4.69) is 29.2 Å². The lowest BCUT2D eigenvalue weighted by molar-refractivity contribution is 0.201. The van der Waals surface area contributed by atoms with Gasteiger partial charge in [-0.15, -0.1) is 11.3 Å². The van der Waals surface area contributed by atoms with Crippen LogP contribution in [0.5, 0.6) is 0 Å². The first-order chi connectivity index (χ1) is 10.2. The number of nitrogen functional groups attached to an aromatic ring is 1. The molecule has 2 unspecified atom stereocenters.